The smallest absolute Gasteiger partial charge is 0.328 e. The van der Waals surface area contributed by atoms with Gasteiger partial charge in [0.1, 0.15) is 5.54 Å². The molecule has 0 saturated carbocycles. The standard InChI is InChI=1S/C12H21NO4/c1-9-12(5-7-16-9,11(14)15-2)13-8-10-4-3-6-17-10/h9-10,13H,3-8H2,1-2H3. The Labute approximate surface area is 102 Å². The van der Waals surface area contributed by atoms with Crippen LogP contribution in [0.15, 0.2) is 0 Å². The van der Waals surface area contributed by atoms with Crippen LogP contribution >= 0.6 is 0 Å². The van der Waals surface area contributed by atoms with Crippen molar-refractivity contribution in [2.24, 2.45) is 0 Å². The average Bonchev–Trinajstić information content (AvgIpc) is 2.96. The van der Waals surface area contributed by atoms with E-state index in [-0.39, 0.29) is 18.2 Å². The highest BCUT2D eigenvalue weighted by atomic mass is 16.5. The fourth-order valence-electron chi connectivity index (χ4n) is 2.60. The zero-order valence-electron chi connectivity index (χ0n) is 10.5. The third-order valence-electron chi connectivity index (χ3n) is 3.78. The van der Waals surface area contributed by atoms with Gasteiger partial charge in [-0.15, -0.1) is 0 Å². The Balaban J connectivity index is 1.98. The Kier molecular flexibility index (Phi) is 4.01. The summed E-state index contributed by atoms with van der Waals surface area (Å²) >= 11 is 0. The topological polar surface area (TPSA) is 56.8 Å². The van der Waals surface area contributed by atoms with Crippen LogP contribution in [0.1, 0.15) is 26.2 Å². The van der Waals surface area contributed by atoms with Crippen LogP contribution in [0.4, 0.5) is 0 Å². The van der Waals surface area contributed by atoms with Crippen molar-refractivity contribution in [2.45, 2.75) is 43.9 Å². The molecule has 0 amide bonds. The molecule has 0 radical (unpaired) electrons. The molecule has 2 heterocycles. The van der Waals surface area contributed by atoms with Gasteiger partial charge in [0.15, 0.2) is 0 Å². The molecule has 2 aliphatic heterocycles. The highest BCUT2D eigenvalue weighted by Gasteiger charge is 2.49. The van der Waals surface area contributed by atoms with Crippen LogP contribution in [-0.2, 0) is 19.0 Å². The number of hydrogen-bond acceptors (Lipinski definition) is 5. The van der Waals surface area contributed by atoms with E-state index in [0.29, 0.717) is 19.6 Å². The summed E-state index contributed by atoms with van der Waals surface area (Å²) in [5.74, 6) is -0.236. The summed E-state index contributed by atoms with van der Waals surface area (Å²) in [7, 11) is 1.42. The van der Waals surface area contributed by atoms with E-state index in [1.807, 2.05) is 6.92 Å². The second-order valence-corrected chi connectivity index (χ2v) is 4.74. The van der Waals surface area contributed by atoms with Gasteiger partial charge in [-0.05, 0) is 19.8 Å². The fraction of sp³-hybridized carbons (Fsp3) is 0.917. The predicted octanol–water partition coefficient (Wildman–Crippen LogP) is 0.476. The van der Waals surface area contributed by atoms with Gasteiger partial charge in [-0.25, -0.2) is 4.79 Å². The SMILES string of the molecule is COC(=O)C1(NCC2CCCO2)CCOC1C. The number of nitrogens with one attached hydrogen (secondary N) is 1. The maximum Gasteiger partial charge on any atom is 0.328 e. The van der Waals surface area contributed by atoms with E-state index in [2.05, 4.69) is 5.32 Å². The summed E-state index contributed by atoms with van der Waals surface area (Å²) in [6, 6.07) is 0. The maximum absolute atomic E-state index is 11.9. The van der Waals surface area contributed by atoms with Gasteiger partial charge in [-0.3, -0.25) is 5.32 Å². The second kappa shape index (κ2) is 5.33. The van der Waals surface area contributed by atoms with E-state index in [9.17, 15) is 4.79 Å². The third kappa shape index (κ3) is 2.46. The summed E-state index contributed by atoms with van der Waals surface area (Å²) in [5.41, 5.74) is -0.694. The number of hydrogen-bond donors (Lipinski definition) is 1. The van der Waals surface area contributed by atoms with Crippen molar-refractivity contribution in [1.82, 2.24) is 5.32 Å². The van der Waals surface area contributed by atoms with Crippen LogP contribution in [0.5, 0.6) is 0 Å². The molecule has 2 rings (SSSR count). The molecule has 0 aromatic rings. The van der Waals surface area contributed by atoms with Gasteiger partial charge in [-0.2, -0.15) is 0 Å². The maximum atomic E-state index is 11.9. The Hall–Kier alpha value is -0.650. The highest BCUT2D eigenvalue weighted by molar-refractivity contribution is 5.82. The summed E-state index contributed by atoms with van der Waals surface area (Å²) in [6.45, 7) is 4.01. The molecular formula is C12H21NO4. The summed E-state index contributed by atoms with van der Waals surface area (Å²) in [5, 5.41) is 3.31. The predicted molar refractivity (Wildman–Crippen MR) is 61.8 cm³/mol. The molecular weight excluding hydrogens is 222 g/mol. The van der Waals surface area contributed by atoms with Gasteiger partial charge in [0.25, 0.3) is 0 Å². The lowest BCUT2D eigenvalue weighted by Gasteiger charge is -2.31. The Morgan fingerprint density at radius 2 is 2.29 bits per heavy atom. The molecule has 0 aromatic heterocycles. The second-order valence-electron chi connectivity index (χ2n) is 4.74. The number of carbonyl (C=O) groups excluding carboxylic acids is 1. The highest BCUT2D eigenvalue weighted by Crippen LogP contribution is 2.27. The monoisotopic (exact) mass is 243 g/mol. The molecule has 1 N–H and O–H groups in total. The molecule has 0 spiro atoms. The molecule has 3 atom stereocenters. The van der Waals surface area contributed by atoms with Gasteiger partial charge in [-0.1, -0.05) is 0 Å². The van der Waals surface area contributed by atoms with Crippen molar-refractivity contribution >= 4 is 5.97 Å². The van der Waals surface area contributed by atoms with Gasteiger partial charge in [0.05, 0.1) is 19.3 Å². The van der Waals surface area contributed by atoms with Crippen LogP contribution in [0, 0.1) is 0 Å². The van der Waals surface area contributed by atoms with Gasteiger partial charge in [0.2, 0.25) is 0 Å². The van der Waals surface area contributed by atoms with Crippen molar-refractivity contribution < 1.29 is 19.0 Å². The molecule has 2 fully saturated rings. The normalized spacial score (nSPS) is 37.3. The summed E-state index contributed by atoms with van der Waals surface area (Å²) in [6.07, 6.45) is 2.87. The zero-order valence-corrected chi connectivity index (χ0v) is 10.5. The van der Waals surface area contributed by atoms with Gasteiger partial charge >= 0.3 is 5.97 Å². The van der Waals surface area contributed by atoms with Crippen molar-refractivity contribution in [1.29, 1.82) is 0 Å². The first-order valence-electron chi connectivity index (χ1n) is 6.25. The van der Waals surface area contributed by atoms with E-state index in [1.165, 1.54) is 7.11 Å². The fourth-order valence-corrected chi connectivity index (χ4v) is 2.60. The first-order chi connectivity index (χ1) is 8.19. The molecule has 5 heteroatoms. The van der Waals surface area contributed by atoms with E-state index in [4.69, 9.17) is 14.2 Å². The number of carbonyl (C=O) groups is 1. The molecule has 2 saturated heterocycles. The van der Waals surface area contributed by atoms with E-state index in [1.54, 1.807) is 0 Å². The van der Waals surface area contributed by atoms with Crippen LogP contribution in [-0.4, -0.2) is 50.6 Å². The van der Waals surface area contributed by atoms with E-state index >= 15 is 0 Å². The molecule has 0 aliphatic carbocycles. The Morgan fingerprint density at radius 3 is 2.82 bits per heavy atom. The number of esters is 1. The average molecular weight is 243 g/mol. The molecule has 0 aromatic carbocycles. The molecule has 3 unspecified atom stereocenters. The third-order valence-corrected chi connectivity index (χ3v) is 3.78. The molecule has 5 nitrogen and oxygen atoms in total. The minimum Gasteiger partial charge on any atom is -0.468 e. The van der Waals surface area contributed by atoms with E-state index < -0.39 is 5.54 Å². The first kappa shape index (κ1) is 12.8. The lowest BCUT2D eigenvalue weighted by molar-refractivity contribution is -0.151. The number of rotatable bonds is 4. The quantitative estimate of drug-likeness (QED) is 0.728. The van der Waals surface area contributed by atoms with Crippen molar-refractivity contribution in [3.63, 3.8) is 0 Å². The number of ether oxygens (including phenoxy) is 3. The molecule has 98 valence electrons. The van der Waals surface area contributed by atoms with Crippen molar-refractivity contribution in [3.05, 3.63) is 0 Å². The molecule has 17 heavy (non-hydrogen) atoms. The first-order valence-corrected chi connectivity index (χ1v) is 6.25. The van der Waals surface area contributed by atoms with Crippen molar-refractivity contribution in [2.75, 3.05) is 26.9 Å². The Morgan fingerprint density at radius 1 is 1.47 bits per heavy atom. The number of methoxy groups -OCH3 is 1. The molecule has 2 aliphatic rings. The minimum atomic E-state index is -0.694. The lowest BCUT2D eigenvalue weighted by Crippen LogP contribution is -2.58. The summed E-state index contributed by atoms with van der Waals surface area (Å²) < 4.78 is 16.0. The zero-order chi connectivity index (χ0) is 12.3. The van der Waals surface area contributed by atoms with Gasteiger partial charge in [0, 0.05) is 26.2 Å². The van der Waals surface area contributed by atoms with Crippen molar-refractivity contribution in [3.8, 4) is 0 Å². The minimum absolute atomic E-state index is 0.156. The largest absolute Gasteiger partial charge is 0.468 e. The van der Waals surface area contributed by atoms with E-state index in [0.717, 1.165) is 19.4 Å². The van der Waals surface area contributed by atoms with Crippen LogP contribution in [0.3, 0.4) is 0 Å². The van der Waals surface area contributed by atoms with Crippen LogP contribution < -0.4 is 5.32 Å². The summed E-state index contributed by atoms with van der Waals surface area (Å²) in [4.78, 5) is 11.9. The molecule has 0 bridgehead atoms. The van der Waals surface area contributed by atoms with Crippen LogP contribution in [0.2, 0.25) is 0 Å². The lowest BCUT2D eigenvalue weighted by atomic mass is 9.91. The van der Waals surface area contributed by atoms with Crippen LogP contribution in [0.25, 0.3) is 0 Å². The Bertz CT molecular complexity index is 278. The van der Waals surface area contributed by atoms with Gasteiger partial charge < -0.3 is 14.2 Å².